The minimum Gasteiger partial charge on any atom is -0.374 e. The van der Waals surface area contributed by atoms with E-state index in [9.17, 15) is 5.11 Å². The van der Waals surface area contributed by atoms with Crippen molar-refractivity contribution in [1.82, 2.24) is 0 Å². The number of aryl methyl sites for hydroxylation is 2. The van der Waals surface area contributed by atoms with Crippen molar-refractivity contribution in [2.75, 3.05) is 5.32 Å². The quantitative estimate of drug-likeness (QED) is 0.698. The molecule has 1 unspecified atom stereocenters. The van der Waals surface area contributed by atoms with Crippen LogP contribution in [0, 0.1) is 6.92 Å². The fourth-order valence-electron chi connectivity index (χ4n) is 1.44. The molecule has 2 nitrogen and oxygen atoms in total. The summed E-state index contributed by atoms with van der Waals surface area (Å²) < 4.78 is 0. The average molecular weight is 179 g/mol. The van der Waals surface area contributed by atoms with E-state index in [1.54, 1.807) is 6.92 Å². The van der Waals surface area contributed by atoms with Gasteiger partial charge in [0.15, 0.2) is 0 Å². The maximum absolute atomic E-state index is 9.24. The number of aliphatic hydroxyl groups is 1. The topological polar surface area (TPSA) is 32.3 Å². The van der Waals surface area contributed by atoms with Crippen LogP contribution < -0.4 is 5.32 Å². The highest BCUT2D eigenvalue weighted by Crippen LogP contribution is 2.21. The number of hydrogen-bond donors (Lipinski definition) is 2. The lowest BCUT2D eigenvalue weighted by atomic mass is 10.1. The molecule has 0 radical (unpaired) electrons. The SMILES string of the molecule is CCc1cccc(C)c1NC(C)O. The van der Waals surface area contributed by atoms with E-state index in [4.69, 9.17) is 0 Å². The Morgan fingerprint density at radius 2 is 2.15 bits per heavy atom. The molecule has 0 aliphatic rings. The van der Waals surface area contributed by atoms with Crippen LogP contribution >= 0.6 is 0 Å². The van der Waals surface area contributed by atoms with Gasteiger partial charge in [0.05, 0.1) is 0 Å². The first-order valence-corrected chi connectivity index (χ1v) is 4.68. The van der Waals surface area contributed by atoms with E-state index in [2.05, 4.69) is 18.3 Å². The third-order valence-corrected chi connectivity index (χ3v) is 2.09. The molecule has 1 atom stereocenters. The van der Waals surface area contributed by atoms with Crippen LogP contribution in [-0.4, -0.2) is 11.3 Å². The molecule has 0 saturated heterocycles. The largest absolute Gasteiger partial charge is 0.374 e. The summed E-state index contributed by atoms with van der Waals surface area (Å²) in [5.74, 6) is 0. The van der Waals surface area contributed by atoms with E-state index in [0.29, 0.717) is 0 Å². The third kappa shape index (κ3) is 2.46. The van der Waals surface area contributed by atoms with Gasteiger partial charge < -0.3 is 10.4 Å². The first-order chi connectivity index (χ1) is 6.15. The molecule has 0 amide bonds. The second-order valence-corrected chi connectivity index (χ2v) is 3.28. The fourth-order valence-corrected chi connectivity index (χ4v) is 1.44. The van der Waals surface area contributed by atoms with Crippen molar-refractivity contribution in [2.24, 2.45) is 0 Å². The highest BCUT2D eigenvalue weighted by molar-refractivity contribution is 5.57. The number of para-hydroxylation sites is 1. The summed E-state index contributed by atoms with van der Waals surface area (Å²) in [5, 5.41) is 12.3. The van der Waals surface area contributed by atoms with Gasteiger partial charge in [-0.05, 0) is 31.4 Å². The number of aliphatic hydroxyl groups excluding tert-OH is 1. The van der Waals surface area contributed by atoms with Crippen molar-refractivity contribution in [3.63, 3.8) is 0 Å². The normalized spacial score (nSPS) is 12.6. The van der Waals surface area contributed by atoms with E-state index >= 15 is 0 Å². The molecule has 13 heavy (non-hydrogen) atoms. The summed E-state index contributed by atoms with van der Waals surface area (Å²) in [6.45, 7) is 5.89. The van der Waals surface area contributed by atoms with Crippen LogP contribution in [0.2, 0.25) is 0 Å². The summed E-state index contributed by atoms with van der Waals surface area (Å²) in [4.78, 5) is 0. The van der Waals surface area contributed by atoms with Crippen LogP contribution in [0.25, 0.3) is 0 Å². The molecule has 2 heteroatoms. The van der Waals surface area contributed by atoms with Gasteiger partial charge in [-0.25, -0.2) is 0 Å². The predicted molar refractivity (Wildman–Crippen MR) is 55.9 cm³/mol. The van der Waals surface area contributed by atoms with Gasteiger partial charge >= 0.3 is 0 Å². The van der Waals surface area contributed by atoms with Crippen LogP contribution in [0.5, 0.6) is 0 Å². The average Bonchev–Trinajstić information content (AvgIpc) is 2.08. The van der Waals surface area contributed by atoms with E-state index in [1.807, 2.05) is 19.1 Å². The summed E-state index contributed by atoms with van der Waals surface area (Å²) in [6.07, 6.45) is 0.489. The van der Waals surface area contributed by atoms with Crippen molar-refractivity contribution < 1.29 is 5.11 Å². The molecular weight excluding hydrogens is 162 g/mol. The first-order valence-electron chi connectivity index (χ1n) is 4.68. The lowest BCUT2D eigenvalue weighted by Gasteiger charge is -2.15. The number of benzene rings is 1. The second-order valence-electron chi connectivity index (χ2n) is 3.28. The Balaban J connectivity index is 3.00. The van der Waals surface area contributed by atoms with E-state index in [1.165, 1.54) is 11.1 Å². The molecule has 0 saturated carbocycles. The van der Waals surface area contributed by atoms with Crippen molar-refractivity contribution in [1.29, 1.82) is 0 Å². The molecule has 2 N–H and O–H groups in total. The minimum absolute atomic E-state index is 0.494. The predicted octanol–water partition coefficient (Wildman–Crippen LogP) is 2.31. The molecule has 1 rings (SSSR count). The maximum Gasteiger partial charge on any atom is 0.121 e. The van der Waals surface area contributed by atoms with Crippen LogP contribution in [0.3, 0.4) is 0 Å². The van der Waals surface area contributed by atoms with Gasteiger partial charge in [0, 0.05) is 5.69 Å². The van der Waals surface area contributed by atoms with Gasteiger partial charge in [-0.1, -0.05) is 25.1 Å². The summed E-state index contributed by atoms with van der Waals surface area (Å²) in [5.41, 5.74) is 3.50. The van der Waals surface area contributed by atoms with E-state index in [0.717, 1.165) is 12.1 Å². The second kappa shape index (κ2) is 4.28. The van der Waals surface area contributed by atoms with Gasteiger partial charge in [0.25, 0.3) is 0 Å². The Morgan fingerprint density at radius 3 is 2.69 bits per heavy atom. The van der Waals surface area contributed by atoms with Crippen molar-refractivity contribution in [3.8, 4) is 0 Å². The fraction of sp³-hybridized carbons (Fsp3) is 0.455. The Kier molecular flexibility index (Phi) is 3.32. The van der Waals surface area contributed by atoms with Gasteiger partial charge in [-0.3, -0.25) is 0 Å². The van der Waals surface area contributed by atoms with Crippen LogP contribution in [0.1, 0.15) is 25.0 Å². The molecule has 0 heterocycles. The third-order valence-electron chi connectivity index (χ3n) is 2.09. The Labute approximate surface area is 79.6 Å². The summed E-state index contributed by atoms with van der Waals surface area (Å²) >= 11 is 0. The van der Waals surface area contributed by atoms with Gasteiger partial charge in [-0.2, -0.15) is 0 Å². The van der Waals surface area contributed by atoms with Gasteiger partial charge in [0.2, 0.25) is 0 Å². The molecule has 1 aromatic rings. The van der Waals surface area contributed by atoms with Crippen LogP contribution in [0.4, 0.5) is 5.69 Å². The zero-order valence-corrected chi connectivity index (χ0v) is 8.46. The number of nitrogens with one attached hydrogen (secondary N) is 1. The standard InChI is InChI=1S/C11H17NO/c1-4-10-7-5-6-8(2)11(10)12-9(3)13/h5-7,9,12-13H,4H2,1-3H3. The van der Waals surface area contributed by atoms with Crippen LogP contribution in [-0.2, 0) is 6.42 Å². The van der Waals surface area contributed by atoms with Gasteiger partial charge in [0.1, 0.15) is 6.23 Å². The Hall–Kier alpha value is -1.02. The number of hydrogen-bond acceptors (Lipinski definition) is 2. The Morgan fingerprint density at radius 1 is 1.46 bits per heavy atom. The lowest BCUT2D eigenvalue weighted by Crippen LogP contribution is -2.15. The number of anilines is 1. The molecule has 0 aliphatic carbocycles. The van der Waals surface area contributed by atoms with Crippen molar-refractivity contribution in [3.05, 3.63) is 29.3 Å². The van der Waals surface area contributed by atoms with E-state index < -0.39 is 6.23 Å². The van der Waals surface area contributed by atoms with Gasteiger partial charge in [-0.15, -0.1) is 0 Å². The molecule has 72 valence electrons. The van der Waals surface area contributed by atoms with Crippen molar-refractivity contribution >= 4 is 5.69 Å². The van der Waals surface area contributed by atoms with Crippen LogP contribution in [0.15, 0.2) is 18.2 Å². The van der Waals surface area contributed by atoms with Crippen molar-refractivity contribution in [2.45, 2.75) is 33.4 Å². The smallest absolute Gasteiger partial charge is 0.121 e. The molecule has 0 fully saturated rings. The zero-order chi connectivity index (χ0) is 9.84. The highest BCUT2D eigenvalue weighted by Gasteiger charge is 2.04. The Bertz CT molecular complexity index is 281. The summed E-state index contributed by atoms with van der Waals surface area (Å²) in [6, 6.07) is 6.17. The minimum atomic E-state index is -0.494. The molecular formula is C11H17NO. The summed E-state index contributed by atoms with van der Waals surface area (Å²) in [7, 11) is 0. The monoisotopic (exact) mass is 179 g/mol. The maximum atomic E-state index is 9.24. The highest BCUT2D eigenvalue weighted by atomic mass is 16.3. The molecule has 1 aromatic carbocycles. The lowest BCUT2D eigenvalue weighted by molar-refractivity contribution is 0.224. The molecule has 0 aliphatic heterocycles. The zero-order valence-electron chi connectivity index (χ0n) is 8.46. The van der Waals surface area contributed by atoms with E-state index in [-0.39, 0.29) is 0 Å². The molecule has 0 bridgehead atoms. The number of rotatable bonds is 3. The first kappa shape index (κ1) is 10.1. The molecule has 0 aromatic heterocycles. The molecule has 0 spiro atoms.